The van der Waals surface area contributed by atoms with E-state index < -0.39 is 5.60 Å². The van der Waals surface area contributed by atoms with Gasteiger partial charge in [0.05, 0.1) is 29.1 Å². The molecule has 0 bridgehead atoms. The van der Waals surface area contributed by atoms with Crippen molar-refractivity contribution in [3.8, 4) is 0 Å². The third kappa shape index (κ3) is 2.81. The molecule has 1 heterocycles. The summed E-state index contributed by atoms with van der Waals surface area (Å²) in [5.74, 6) is -0.378. The molecule has 0 saturated carbocycles. The molecular weight excluding hydrogens is 244 g/mol. The molecule has 2 rings (SSSR count). The quantitative estimate of drug-likeness (QED) is 0.637. The van der Waals surface area contributed by atoms with Crippen LogP contribution >= 0.6 is 0 Å². The third-order valence-electron chi connectivity index (χ3n) is 3.33. The number of aliphatic hydroxyl groups is 1. The topological polar surface area (TPSA) is 75.8 Å². The van der Waals surface area contributed by atoms with Crippen molar-refractivity contribution in [3.63, 3.8) is 0 Å². The molecule has 5 nitrogen and oxygen atoms in total. The molecule has 1 fully saturated rings. The van der Waals surface area contributed by atoms with Crippen LogP contribution in [0.5, 0.6) is 0 Å². The van der Waals surface area contributed by atoms with E-state index in [-0.39, 0.29) is 5.97 Å². The Kier molecular flexibility index (Phi) is 3.66. The molecule has 1 aromatic carbocycles. The van der Waals surface area contributed by atoms with Crippen molar-refractivity contribution >= 4 is 17.3 Å². The van der Waals surface area contributed by atoms with Gasteiger partial charge in [-0.2, -0.15) is 0 Å². The van der Waals surface area contributed by atoms with Gasteiger partial charge in [0.1, 0.15) is 0 Å². The van der Waals surface area contributed by atoms with E-state index >= 15 is 0 Å². The van der Waals surface area contributed by atoms with Gasteiger partial charge in [-0.3, -0.25) is 0 Å². The van der Waals surface area contributed by atoms with Crippen LogP contribution in [0.2, 0.25) is 0 Å². The average molecular weight is 264 g/mol. The second kappa shape index (κ2) is 5.09. The van der Waals surface area contributed by atoms with Gasteiger partial charge in [-0.05, 0) is 32.4 Å². The number of esters is 1. The smallest absolute Gasteiger partial charge is 0.340 e. The minimum atomic E-state index is -0.742. The Morgan fingerprint density at radius 3 is 2.89 bits per heavy atom. The normalized spacial score (nSPS) is 22.6. The van der Waals surface area contributed by atoms with Crippen LogP contribution in [0, 0.1) is 0 Å². The van der Waals surface area contributed by atoms with E-state index in [4.69, 9.17) is 10.5 Å². The number of ether oxygens (including phenoxy) is 1. The van der Waals surface area contributed by atoms with E-state index in [0.717, 1.165) is 0 Å². The van der Waals surface area contributed by atoms with Gasteiger partial charge >= 0.3 is 5.97 Å². The lowest BCUT2D eigenvalue weighted by Gasteiger charge is -2.24. The first kappa shape index (κ1) is 13.7. The van der Waals surface area contributed by atoms with Gasteiger partial charge < -0.3 is 20.5 Å². The van der Waals surface area contributed by atoms with Crippen molar-refractivity contribution in [2.24, 2.45) is 0 Å². The highest BCUT2D eigenvalue weighted by Crippen LogP contribution is 2.34. The predicted molar refractivity (Wildman–Crippen MR) is 74.3 cm³/mol. The van der Waals surface area contributed by atoms with Gasteiger partial charge in [0, 0.05) is 13.1 Å². The number of anilines is 2. The number of carbonyl (C=O) groups excluding carboxylic acids is 1. The number of nitrogen functional groups attached to an aromatic ring is 1. The molecule has 0 amide bonds. The molecule has 19 heavy (non-hydrogen) atoms. The Morgan fingerprint density at radius 2 is 2.32 bits per heavy atom. The van der Waals surface area contributed by atoms with Gasteiger partial charge in [-0.25, -0.2) is 4.79 Å². The van der Waals surface area contributed by atoms with Gasteiger partial charge in [0.2, 0.25) is 0 Å². The fourth-order valence-electron chi connectivity index (χ4n) is 2.42. The van der Waals surface area contributed by atoms with Crippen LogP contribution in [-0.2, 0) is 4.74 Å². The monoisotopic (exact) mass is 264 g/mol. The largest absolute Gasteiger partial charge is 0.462 e. The lowest BCUT2D eigenvalue weighted by Crippen LogP contribution is -2.31. The van der Waals surface area contributed by atoms with Crippen LogP contribution < -0.4 is 10.6 Å². The summed E-state index contributed by atoms with van der Waals surface area (Å²) in [5.41, 5.74) is 6.90. The second-order valence-electron chi connectivity index (χ2n) is 5.13. The highest BCUT2D eigenvalue weighted by Gasteiger charge is 2.34. The summed E-state index contributed by atoms with van der Waals surface area (Å²) in [6, 6.07) is 5.20. The third-order valence-corrected chi connectivity index (χ3v) is 3.33. The van der Waals surface area contributed by atoms with Crippen LogP contribution in [-0.4, -0.2) is 36.4 Å². The van der Waals surface area contributed by atoms with Crippen LogP contribution in [0.4, 0.5) is 11.4 Å². The first-order chi connectivity index (χ1) is 8.94. The van der Waals surface area contributed by atoms with Gasteiger partial charge in [-0.1, -0.05) is 6.07 Å². The van der Waals surface area contributed by atoms with Gasteiger partial charge in [0.25, 0.3) is 0 Å². The van der Waals surface area contributed by atoms with Crippen LogP contribution in [0.15, 0.2) is 18.2 Å². The molecule has 1 saturated heterocycles. The zero-order valence-corrected chi connectivity index (χ0v) is 11.3. The highest BCUT2D eigenvalue weighted by molar-refractivity contribution is 5.99. The summed E-state index contributed by atoms with van der Waals surface area (Å²) in [6.45, 7) is 5.02. The number of β-amino-alcohol motifs (C(OH)–C–C–N with tert-alkyl or cyclic N) is 1. The fraction of sp³-hybridized carbons (Fsp3) is 0.500. The number of nitrogens with two attached hydrogens (primary N) is 1. The standard InChI is InChI=1S/C14H20N2O3/c1-3-19-13(17)10-5-4-6-11(15)12(10)16-8-7-14(2,18)9-16/h4-6,18H,3,7-9,15H2,1-2H3. The maximum absolute atomic E-state index is 12.0. The molecule has 1 aliphatic heterocycles. The van der Waals surface area contributed by atoms with Gasteiger partial charge in [0.15, 0.2) is 0 Å². The fourth-order valence-corrected chi connectivity index (χ4v) is 2.42. The molecule has 5 heteroatoms. The predicted octanol–water partition coefficient (Wildman–Crippen LogP) is 1.41. The number of hydrogen-bond donors (Lipinski definition) is 2. The van der Waals surface area contributed by atoms with E-state index in [1.54, 1.807) is 32.0 Å². The summed E-state index contributed by atoms with van der Waals surface area (Å²) < 4.78 is 5.05. The molecule has 0 aromatic heterocycles. The van der Waals surface area contributed by atoms with Crippen molar-refractivity contribution in [1.82, 2.24) is 0 Å². The summed E-state index contributed by atoms with van der Waals surface area (Å²) >= 11 is 0. The van der Waals surface area contributed by atoms with Crippen molar-refractivity contribution in [1.29, 1.82) is 0 Å². The number of carbonyl (C=O) groups is 1. The number of benzene rings is 1. The minimum Gasteiger partial charge on any atom is -0.462 e. The summed E-state index contributed by atoms with van der Waals surface area (Å²) in [5, 5.41) is 10.1. The van der Waals surface area contributed by atoms with Crippen LogP contribution in [0.3, 0.4) is 0 Å². The molecular formula is C14H20N2O3. The number of nitrogens with zero attached hydrogens (tertiary/aromatic N) is 1. The van der Waals surface area contributed by atoms with E-state index in [9.17, 15) is 9.90 Å². The first-order valence-electron chi connectivity index (χ1n) is 6.47. The number of rotatable bonds is 3. The number of para-hydroxylation sites is 1. The van der Waals surface area contributed by atoms with Crippen molar-refractivity contribution in [3.05, 3.63) is 23.8 Å². The minimum absolute atomic E-state index is 0.324. The Balaban J connectivity index is 2.36. The maximum atomic E-state index is 12.0. The van der Waals surface area contributed by atoms with Crippen molar-refractivity contribution < 1.29 is 14.6 Å². The maximum Gasteiger partial charge on any atom is 0.340 e. The second-order valence-corrected chi connectivity index (χ2v) is 5.13. The Morgan fingerprint density at radius 1 is 1.58 bits per heavy atom. The Bertz CT molecular complexity index is 486. The van der Waals surface area contributed by atoms with Crippen LogP contribution in [0.25, 0.3) is 0 Å². The van der Waals surface area contributed by atoms with E-state index in [1.165, 1.54) is 0 Å². The molecule has 0 radical (unpaired) electrons. The number of hydrogen-bond acceptors (Lipinski definition) is 5. The molecule has 1 unspecified atom stereocenters. The van der Waals surface area contributed by atoms with Crippen LogP contribution in [0.1, 0.15) is 30.6 Å². The zero-order chi connectivity index (χ0) is 14.0. The summed E-state index contributed by atoms with van der Waals surface area (Å²) in [4.78, 5) is 13.9. The Hall–Kier alpha value is -1.75. The van der Waals surface area contributed by atoms with E-state index in [1.807, 2.05) is 4.90 Å². The zero-order valence-electron chi connectivity index (χ0n) is 11.3. The molecule has 104 valence electrons. The molecule has 1 atom stereocenters. The molecule has 1 aromatic rings. The lowest BCUT2D eigenvalue weighted by atomic mass is 10.1. The lowest BCUT2D eigenvalue weighted by molar-refractivity contribution is 0.0526. The van der Waals surface area contributed by atoms with Crippen molar-refractivity contribution in [2.45, 2.75) is 25.9 Å². The van der Waals surface area contributed by atoms with Gasteiger partial charge in [-0.15, -0.1) is 0 Å². The van der Waals surface area contributed by atoms with E-state index in [0.29, 0.717) is 43.1 Å². The molecule has 3 N–H and O–H groups in total. The highest BCUT2D eigenvalue weighted by atomic mass is 16.5. The van der Waals surface area contributed by atoms with Crippen molar-refractivity contribution in [2.75, 3.05) is 30.3 Å². The SMILES string of the molecule is CCOC(=O)c1cccc(N)c1N1CCC(C)(O)C1. The molecule has 1 aliphatic rings. The Labute approximate surface area is 113 Å². The van der Waals surface area contributed by atoms with E-state index in [2.05, 4.69) is 0 Å². The average Bonchev–Trinajstić information content (AvgIpc) is 2.69. The molecule has 0 aliphatic carbocycles. The summed E-state index contributed by atoms with van der Waals surface area (Å²) in [6.07, 6.45) is 0.656. The first-order valence-corrected chi connectivity index (χ1v) is 6.47. The summed E-state index contributed by atoms with van der Waals surface area (Å²) in [7, 11) is 0. The molecule has 0 spiro atoms.